The van der Waals surface area contributed by atoms with Crippen molar-refractivity contribution in [1.29, 1.82) is 0 Å². The number of hydrogen-bond donors (Lipinski definition) is 0. The van der Waals surface area contributed by atoms with E-state index in [-0.39, 0.29) is 0 Å². The monoisotopic (exact) mass is 562 g/mol. The molecule has 0 aliphatic rings. The highest BCUT2D eigenvalue weighted by Gasteiger charge is 2.19. The maximum atomic E-state index is 5.33. The Bertz CT molecular complexity index is 2490. The highest BCUT2D eigenvalue weighted by molar-refractivity contribution is 6.21. The molecule has 0 aliphatic carbocycles. The maximum absolute atomic E-state index is 5.33. The lowest BCUT2D eigenvalue weighted by molar-refractivity contribution is 1.06. The Hall–Kier alpha value is -6.14. The van der Waals surface area contributed by atoms with Crippen LogP contribution in [-0.2, 0) is 0 Å². The summed E-state index contributed by atoms with van der Waals surface area (Å²) in [4.78, 5) is 20.8. The zero-order valence-electron chi connectivity index (χ0n) is 23.4. The number of fused-ring (bicyclic) bond motifs is 12. The highest BCUT2D eigenvalue weighted by atomic mass is 15.1. The van der Waals surface area contributed by atoms with Gasteiger partial charge in [0.2, 0.25) is 0 Å². The van der Waals surface area contributed by atoms with Crippen molar-refractivity contribution < 1.29 is 0 Å². The summed E-state index contributed by atoms with van der Waals surface area (Å²) in [5.41, 5.74) is 7.43. The number of rotatable bonds is 2. The lowest BCUT2D eigenvalue weighted by Gasteiger charge is -2.13. The van der Waals surface area contributed by atoms with Crippen molar-refractivity contribution in [2.24, 2.45) is 0 Å². The first-order chi connectivity index (χ1) is 21.8. The quantitative estimate of drug-likeness (QED) is 0.197. The number of para-hydroxylation sites is 4. The van der Waals surface area contributed by atoms with Crippen LogP contribution in [0.5, 0.6) is 0 Å². The molecule has 4 aromatic heterocycles. The van der Waals surface area contributed by atoms with E-state index in [9.17, 15) is 0 Å². The Labute approximate surface area is 250 Å². The highest BCUT2D eigenvalue weighted by Crippen LogP contribution is 2.36. The molecular formula is C38H22N6. The SMILES string of the molecule is c1ccc2c(c1)c1ncc(-n3c4ccccc4c4ccccc43)nc1c1nc(-n3c4ccccc4c4ccccc43)cnc21. The topological polar surface area (TPSA) is 61.4 Å². The van der Waals surface area contributed by atoms with E-state index in [0.29, 0.717) is 0 Å². The van der Waals surface area contributed by atoms with E-state index in [4.69, 9.17) is 19.9 Å². The third kappa shape index (κ3) is 3.08. The van der Waals surface area contributed by atoms with Crippen LogP contribution >= 0.6 is 0 Å². The molecule has 0 atom stereocenters. The van der Waals surface area contributed by atoms with Gasteiger partial charge < -0.3 is 0 Å². The molecule has 6 aromatic carbocycles. The molecule has 0 unspecified atom stereocenters. The van der Waals surface area contributed by atoms with Crippen LogP contribution in [-0.4, -0.2) is 29.1 Å². The largest absolute Gasteiger partial charge is 0.292 e. The Kier molecular flexibility index (Phi) is 4.63. The van der Waals surface area contributed by atoms with Crippen LogP contribution < -0.4 is 0 Å². The fraction of sp³-hybridized carbons (Fsp3) is 0. The minimum Gasteiger partial charge on any atom is -0.292 e. The van der Waals surface area contributed by atoms with Gasteiger partial charge in [0.1, 0.15) is 11.0 Å². The molecule has 0 spiro atoms. The Balaban J connectivity index is 1.33. The van der Waals surface area contributed by atoms with Gasteiger partial charge in [0.05, 0.1) is 45.5 Å². The van der Waals surface area contributed by atoms with Crippen LogP contribution in [0.3, 0.4) is 0 Å². The first kappa shape index (κ1) is 23.4. The van der Waals surface area contributed by atoms with E-state index in [2.05, 4.69) is 118 Å². The summed E-state index contributed by atoms with van der Waals surface area (Å²) in [7, 11) is 0. The second-order valence-electron chi connectivity index (χ2n) is 11.1. The molecule has 4 heterocycles. The lowest BCUT2D eigenvalue weighted by Crippen LogP contribution is -2.03. The smallest absolute Gasteiger partial charge is 0.157 e. The maximum Gasteiger partial charge on any atom is 0.157 e. The van der Waals surface area contributed by atoms with Crippen molar-refractivity contribution in [1.82, 2.24) is 29.1 Å². The van der Waals surface area contributed by atoms with Gasteiger partial charge in [-0.25, -0.2) is 19.9 Å². The third-order valence-corrected chi connectivity index (χ3v) is 8.80. The summed E-state index contributed by atoms with van der Waals surface area (Å²) in [6.07, 6.45) is 3.76. The van der Waals surface area contributed by atoms with E-state index >= 15 is 0 Å². The molecule has 0 fully saturated rings. The second kappa shape index (κ2) is 8.69. The van der Waals surface area contributed by atoms with E-state index in [1.165, 1.54) is 21.5 Å². The van der Waals surface area contributed by atoms with Crippen LogP contribution in [0.2, 0.25) is 0 Å². The van der Waals surface area contributed by atoms with E-state index in [1.54, 1.807) is 0 Å². The standard InChI is InChI=1S/C38H22N6/c1-2-16-28-27(15-1)35-37(41-33(21-39-35)43-29-17-7-3-11-23(29)24-12-4-8-18-30(24)43)38-36(28)40-22-34(42-38)44-31-19-9-5-13-25(31)26-14-6-10-20-32(26)44/h1-22H. The fourth-order valence-corrected chi connectivity index (χ4v) is 6.93. The van der Waals surface area contributed by atoms with Gasteiger partial charge in [0.15, 0.2) is 11.6 Å². The number of benzene rings is 6. The zero-order valence-corrected chi connectivity index (χ0v) is 23.4. The summed E-state index contributed by atoms with van der Waals surface area (Å²) >= 11 is 0. The second-order valence-corrected chi connectivity index (χ2v) is 11.1. The minimum atomic E-state index is 0.730. The summed E-state index contributed by atoms with van der Waals surface area (Å²) in [6.45, 7) is 0. The average Bonchev–Trinajstić information content (AvgIpc) is 3.61. The molecule has 0 amide bonds. The van der Waals surface area contributed by atoms with Crippen LogP contribution in [0.1, 0.15) is 0 Å². The zero-order chi connectivity index (χ0) is 28.8. The van der Waals surface area contributed by atoms with Gasteiger partial charge in [-0.05, 0) is 24.3 Å². The van der Waals surface area contributed by atoms with Crippen molar-refractivity contribution in [3.05, 3.63) is 134 Å². The van der Waals surface area contributed by atoms with Crippen LogP contribution in [0, 0.1) is 0 Å². The molecule has 10 aromatic rings. The van der Waals surface area contributed by atoms with Crippen molar-refractivity contribution in [3.63, 3.8) is 0 Å². The summed E-state index contributed by atoms with van der Waals surface area (Å²) in [5, 5.41) is 6.75. The molecule has 44 heavy (non-hydrogen) atoms. The first-order valence-corrected chi connectivity index (χ1v) is 14.7. The molecule has 0 aliphatic heterocycles. The minimum absolute atomic E-state index is 0.730. The van der Waals surface area contributed by atoms with Gasteiger partial charge in [-0.2, -0.15) is 0 Å². The van der Waals surface area contributed by atoms with E-state index in [1.807, 2.05) is 24.5 Å². The number of aromatic nitrogens is 6. The van der Waals surface area contributed by atoms with Gasteiger partial charge in [0.25, 0.3) is 0 Å². The normalized spacial score (nSPS) is 12.1. The summed E-state index contributed by atoms with van der Waals surface area (Å²) in [6, 6.07) is 42.1. The van der Waals surface area contributed by atoms with E-state index in [0.717, 1.165) is 66.5 Å². The van der Waals surface area contributed by atoms with Crippen molar-refractivity contribution in [2.45, 2.75) is 0 Å². The lowest BCUT2D eigenvalue weighted by atomic mass is 10.1. The van der Waals surface area contributed by atoms with Crippen molar-refractivity contribution in [3.8, 4) is 11.6 Å². The van der Waals surface area contributed by atoms with Crippen molar-refractivity contribution >= 4 is 76.5 Å². The predicted molar refractivity (Wildman–Crippen MR) is 179 cm³/mol. The molecule has 0 bridgehead atoms. The Morgan fingerprint density at radius 3 is 0.955 bits per heavy atom. The van der Waals surface area contributed by atoms with Crippen LogP contribution in [0.25, 0.3) is 88.1 Å². The van der Waals surface area contributed by atoms with E-state index < -0.39 is 0 Å². The average molecular weight is 563 g/mol. The van der Waals surface area contributed by atoms with Gasteiger partial charge in [-0.1, -0.05) is 97.1 Å². The molecule has 0 saturated heterocycles. The molecule has 6 heteroatoms. The fourth-order valence-electron chi connectivity index (χ4n) is 6.93. The molecule has 10 rings (SSSR count). The van der Waals surface area contributed by atoms with Gasteiger partial charge in [0, 0.05) is 32.3 Å². The number of hydrogen-bond acceptors (Lipinski definition) is 4. The molecular weight excluding hydrogens is 540 g/mol. The molecule has 0 saturated carbocycles. The first-order valence-electron chi connectivity index (χ1n) is 14.7. The van der Waals surface area contributed by atoms with Gasteiger partial charge in [-0.3, -0.25) is 9.13 Å². The predicted octanol–water partition coefficient (Wildman–Crippen LogP) is 8.92. The van der Waals surface area contributed by atoms with Gasteiger partial charge in [-0.15, -0.1) is 0 Å². The van der Waals surface area contributed by atoms with Crippen LogP contribution in [0.4, 0.5) is 0 Å². The molecule has 204 valence electrons. The molecule has 0 radical (unpaired) electrons. The Morgan fingerprint density at radius 1 is 0.318 bits per heavy atom. The Morgan fingerprint density at radius 2 is 0.614 bits per heavy atom. The third-order valence-electron chi connectivity index (χ3n) is 8.80. The number of nitrogens with zero attached hydrogens (tertiary/aromatic N) is 6. The van der Waals surface area contributed by atoms with Crippen LogP contribution in [0.15, 0.2) is 134 Å². The van der Waals surface area contributed by atoms with Crippen molar-refractivity contribution in [2.75, 3.05) is 0 Å². The molecule has 6 nitrogen and oxygen atoms in total. The van der Waals surface area contributed by atoms with Gasteiger partial charge >= 0.3 is 0 Å². The molecule has 0 N–H and O–H groups in total. The summed E-state index contributed by atoms with van der Waals surface area (Å²) in [5.74, 6) is 1.49. The summed E-state index contributed by atoms with van der Waals surface area (Å²) < 4.78 is 4.39.